The van der Waals surface area contributed by atoms with Crippen LogP contribution in [-0.2, 0) is 21.4 Å². The Hall–Kier alpha value is -1.44. The van der Waals surface area contributed by atoms with E-state index in [1.54, 1.807) is 4.90 Å². The van der Waals surface area contributed by atoms with Gasteiger partial charge in [0.05, 0.1) is 5.75 Å². The molecule has 0 aliphatic carbocycles. The summed E-state index contributed by atoms with van der Waals surface area (Å²) in [5.41, 5.74) is 1.28. The third-order valence-electron chi connectivity index (χ3n) is 5.01. The zero-order chi connectivity index (χ0) is 17.7. The van der Waals surface area contributed by atoms with Crippen LogP contribution in [0.15, 0.2) is 30.3 Å². The van der Waals surface area contributed by atoms with Gasteiger partial charge in [-0.05, 0) is 18.4 Å². The number of nitrogens with zero attached hydrogens (tertiary/aromatic N) is 3. The minimum Gasteiger partial charge on any atom is -0.340 e. The minimum atomic E-state index is -3.27. The highest BCUT2D eigenvalue weighted by atomic mass is 32.2. The maximum absolute atomic E-state index is 12.3. The van der Waals surface area contributed by atoms with Crippen LogP contribution in [0, 0.1) is 0 Å². The van der Waals surface area contributed by atoms with Gasteiger partial charge in [-0.25, -0.2) is 12.7 Å². The van der Waals surface area contributed by atoms with Gasteiger partial charge in [0.1, 0.15) is 0 Å². The van der Waals surface area contributed by atoms with Crippen molar-refractivity contribution in [1.29, 1.82) is 0 Å². The zero-order valence-corrected chi connectivity index (χ0v) is 15.5. The fourth-order valence-corrected chi connectivity index (χ4v) is 4.97. The maximum Gasteiger partial charge on any atom is 0.223 e. The molecular formula is C18H27N3O3S. The van der Waals surface area contributed by atoms with E-state index in [0.29, 0.717) is 26.2 Å². The molecule has 1 aromatic rings. The normalized spacial score (nSPS) is 20.1. The van der Waals surface area contributed by atoms with Crippen LogP contribution in [0.4, 0.5) is 0 Å². The van der Waals surface area contributed by atoms with Gasteiger partial charge in [-0.2, -0.15) is 0 Å². The van der Waals surface area contributed by atoms with Crippen molar-refractivity contribution in [3.8, 4) is 0 Å². The maximum atomic E-state index is 12.3. The van der Waals surface area contributed by atoms with Crippen molar-refractivity contribution in [1.82, 2.24) is 14.1 Å². The van der Waals surface area contributed by atoms with E-state index in [-0.39, 0.29) is 18.1 Å². The average molecular weight is 365 g/mol. The molecule has 2 aliphatic heterocycles. The van der Waals surface area contributed by atoms with Gasteiger partial charge < -0.3 is 4.90 Å². The predicted octanol–water partition coefficient (Wildman–Crippen LogP) is 1.15. The quantitative estimate of drug-likeness (QED) is 0.759. The van der Waals surface area contributed by atoms with E-state index >= 15 is 0 Å². The second kappa shape index (κ2) is 8.29. The lowest BCUT2D eigenvalue weighted by atomic mass is 10.2. The summed E-state index contributed by atoms with van der Waals surface area (Å²) in [6.45, 7) is 5.12. The van der Waals surface area contributed by atoms with E-state index in [1.807, 2.05) is 18.2 Å². The topological polar surface area (TPSA) is 60.9 Å². The lowest BCUT2D eigenvalue weighted by molar-refractivity contribution is -0.132. The fraction of sp³-hybridized carbons (Fsp3) is 0.611. The molecule has 2 aliphatic rings. The first kappa shape index (κ1) is 18.4. The Balaban J connectivity index is 1.42. The number of hydrogen-bond donors (Lipinski definition) is 0. The molecule has 0 spiro atoms. The minimum absolute atomic E-state index is 0.0397. The molecule has 2 saturated heterocycles. The third-order valence-corrected chi connectivity index (χ3v) is 6.88. The third kappa shape index (κ3) is 5.03. The van der Waals surface area contributed by atoms with E-state index in [1.165, 1.54) is 9.87 Å². The zero-order valence-electron chi connectivity index (χ0n) is 14.6. The van der Waals surface area contributed by atoms with Gasteiger partial charge in [0.25, 0.3) is 0 Å². The molecule has 25 heavy (non-hydrogen) atoms. The number of carbonyl (C=O) groups is 1. The van der Waals surface area contributed by atoms with Gasteiger partial charge in [0, 0.05) is 52.2 Å². The van der Waals surface area contributed by atoms with E-state index < -0.39 is 10.0 Å². The van der Waals surface area contributed by atoms with Crippen LogP contribution in [-0.4, -0.2) is 73.5 Å². The number of amides is 1. The summed E-state index contributed by atoms with van der Waals surface area (Å²) in [7, 11) is -3.27. The van der Waals surface area contributed by atoms with E-state index in [0.717, 1.165) is 32.5 Å². The van der Waals surface area contributed by atoms with E-state index in [9.17, 15) is 13.2 Å². The highest BCUT2D eigenvalue weighted by Crippen LogP contribution is 2.15. The Morgan fingerprint density at radius 1 is 0.920 bits per heavy atom. The Kier molecular flexibility index (Phi) is 6.09. The molecule has 0 unspecified atom stereocenters. The summed E-state index contributed by atoms with van der Waals surface area (Å²) in [6.07, 6.45) is 1.95. The molecule has 0 saturated carbocycles. The molecule has 0 bridgehead atoms. The standard InChI is InChI=1S/C18H27N3O3S/c22-18(8-15-25(23,24)21-9-4-5-10-21)20-13-11-19(12-14-20)16-17-6-2-1-3-7-17/h1-3,6-7H,4-5,8-16H2. The molecule has 1 amide bonds. The highest BCUT2D eigenvalue weighted by molar-refractivity contribution is 7.89. The van der Waals surface area contributed by atoms with Gasteiger partial charge in [-0.3, -0.25) is 9.69 Å². The monoisotopic (exact) mass is 365 g/mol. The smallest absolute Gasteiger partial charge is 0.223 e. The first-order valence-corrected chi connectivity index (χ1v) is 10.7. The van der Waals surface area contributed by atoms with Crippen LogP contribution >= 0.6 is 0 Å². The van der Waals surface area contributed by atoms with E-state index in [2.05, 4.69) is 17.0 Å². The van der Waals surface area contributed by atoms with Crippen LogP contribution in [0.1, 0.15) is 24.8 Å². The van der Waals surface area contributed by atoms with Crippen molar-refractivity contribution in [2.24, 2.45) is 0 Å². The molecule has 2 fully saturated rings. The molecule has 7 heteroatoms. The lowest BCUT2D eigenvalue weighted by Crippen LogP contribution is -2.48. The Labute approximate surface area is 150 Å². The number of piperazine rings is 1. The number of rotatable bonds is 6. The molecule has 0 atom stereocenters. The predicted molar refractivity (Wildman–Crippen MR) is 97.5 cm³/mol. The fourth-order valence-electron chi connectivity index (χ4n) is 3.47. The van der Waals surface area contributed by atoms with Crippen LogP contribution in [0.5, 0.6) is 0 Å². The molecule has 0 N–H and O–H groups in total. The van der Waals surface area contributed by atoms with Crippen molar-refractivity contribution >= 4 is 15.9 Å². The van der Waals surface area contributed by atoms with Crippen molar-refractivity contribution in [3.05, 3.63) is 35.9 Å². The molecule has 6 nitrogen and oxygen atoms in total. The lowest BCUT2D eigenvalue weighted by Gasteiger charge is -2.35. The summed E-state index contributed by atoms with van der Waals surface area (Å²) in [6, 6.07) is 10.3. The SMILES string of the molecule is O=C(CCS(=O)(=O)N1CCCC1)N1CCN(Cc2ccccc2)CC1. The van der Waals surface area contributed by atoms with Crippen LogP contribution < -0.4 is 0 Å². The molecule has 0 aromatic heterocycles. The van der Waals surface area contributed by atoms with Crippen LogP contribution in [0.2, 0.25) is 0 Å². The van der Waals surface area contributed by atoms with Crippen molar-refractivity contribution in [2.45, 2.75) is 25.8 Å². The van der Waals surface area contributed by atoms with Crippen molar-refractivity contribution < 1.29 is 13.2 Å². The molecular weight excluding hydrogens is 338 g/mol. The van der Waals surface area contributed by atoms with Crippen LogP contribution in [0.25, 0.3) is 0 Å². The Morgan fingerprint density at radius 3 is 2.20 bits per heavy atom. The largest absolute Gasteiger partial charge is 0.340 e. The van der Waals surface area contributed by atoms with Gasteiger partial charge >= 0.3 is 0 Å². The average Bonchev–Trinajstić information content (AvgIpc) is 3.17. The van der Waals surface area contributed by atoms with Crippen LogP contribution in [0.3, 0.4) is 0 Å². The summed E-state index contributed by atoms with van der Waals surface area (Å²) in [4.78, 5) is 16.5. The summed E-state index contributed by atoms with van der Waals surface area (Å²) < 4.78 is 26.0. The molecule has 138 valence electrons. The molecule has 1 aromatic carbocycles. The summed E-state index contributed by atoms with van der Waals surface area (Å²) in [5, 5.41) is 0. The summed E-state index contributed by atoms with van der Waals surface area (Å²) in [5.74, 6) is -0.0992. The number of carbonyl (C=O) groups excluding carboxylic acids is 1. The second-order valence-corrected chi connectivity index (χ2v) is 8.90. The van der Waals surface area contributed by atoms with Gasteiger partial charge in [0.2, 0.25) is 15.9 Å². The van der Waals surface area contributed by atoms with Gasteiger partial charge in [-0.1, -0.05) is 30.3 Å². The second-order valence-electron chi connectivity index (χ2n) is 6.81. The number of benzene rings is 1. The van der Waals surface area contributed by atoms with Gasteiger partial charge in [-0.15, -0.1) is 0 Å². The molecule has 0 radical (unpaired) electrons. The Morgan fingerprint density at radius 2 is 1.56 bits per heavy atom. The first-order chi connectivity index (χ1) is 12.0. The van der Waals surface area contributed by atoms with Crippen molar-refractivity contribution in [3.63, 3.8) is 0 Å². The molecule has 3 rings (SSSR count). The highest BCUT2D eigenvalue weighted by Gasteiger charge is 2.27. The summed E-state index contributed by atoms with van der Waals surface area (Å²) >= 11 is 0. The van der Waals surface area contributed by atoms with Crippen molar-refractivity contribution in [2.75, 3.05) is 45.0 Å². The number of hydrogen-bond acceptors (Lipinski definition) is 4. The Bertz CT molecular complexity index is 664. The van der Waals surface area contributed by atoms with Gasteiger partial charge in [0.15, 0.2) is 0 Å². The van der Waals surface area contributed by atoms with E-state index in [4.69, 9.17) is 0 Å². The number of sulfonamides is 1. The molecule has 2 heterocycles. The first-order valence-electron chi connectivity index (χ1n) is 9.06.